The van der Waals surface area contributed by atoms with Gasteiger partial charge in [-0.05, 0) is 12.5 Å². The lowest BCUT2D eigenvalue weighted by molar-refractivity contribution is -0.125. The molecule has 1 aromatic rings. The molecule has 1 atom stereocenters. The van der Waals surface area contributed by atoms with Gasteiger partial charge in [0.1, 0.15) is 17.3 Å². The minimum absolute atomic E-state index is 0.0782. The van der Waals surface area contributed by atoms with Crippen molar-refractivity contribution in [3.8, 4) is 5.75 Å². The maximum Gasteiger partial charge on any atom is 0.140 e. The predicted molar refractivity (Wildman–Crippen MR) is 49.9 cm³/mol. The second-order valence-corrected chi connectivity index (χ2v) is 3.44. The summed E-state index contributed by atoms with van der Waals surface area (Å²) in [5, 5.41) is 0. The minimum Gasteiger partial charge on any atom is -0.496 e. The topological polar surface area (TPSA) is 26.3 Å². The number of methoxy groups -OCH3 is 1. The minimum atomic E-state index is -0.336. The lowest BCUT2D eigenvalue weighted by Gasteiger charge is -2.25. The van der Waals surface area contributed by atoms with E-state index in [0.717, 1.165) is 12.0 Å². The van der Waals surface area contributed by atoms with Gasteiger partial charge in [0.15, 0.2) is 0 Å². The summed E-state index contributed by atoms with van der Waals surface area (Å²) in [6.45, 7) is 0. The highest BCUT2D eigenvalue weighted by Crippen LogP contribution is 2.38. The maximum atomic E-state index is 12.9. The molecule has 0 N–H and O–H groups in total. The summed E-state index contributed by atoms with van der Waals surface area (Å²) in [5.74, 6) is 0.279. The van der Waals surface area contributed by atoms with Gasteiger partial charge < -0.3 is 4.74 Å². The summed E-state index contributed by atoms with van der Waals surface area (Å²) >= 11 is 0. The number of carbonyl (C=O) groups excluding carboxylic acids is 1. The zero-order valence-electron chi connectivity index (χ0n) is 7.92. The van der Waals surface area contributed by atoms with E-state index in [0.29, 0.717) is 12.2 Å². The fourth-order valence-electron chi connectivity index (χ4n) is 1.71. The first-order valence-electron chi connectivity index (χ1n) is 4.58. The van der Waals surface area contributed by atoms with Crippen molar-refractivity contribution in [3.05, 3.63) is 29.6 Å². The molecule has 0 aromatic heterocycles. The van der Waals surface area contributed by atoms with Crippen LogP contribution in [0.4, 0.5) is 4.39 Å². The summed E-state index contributed by atoms with van der Waals surface area (Å²) in [4.78, 5) is 11.2. The molecule has 2 nitrogen and oxygen atoms in total. The number of ether oxygens (including phenoxy) is 1. The van der Waals surface area contributed by atoms with Crippen molar-refractivity contribution in [2.75, 3.05) is 7.11 Å². The van der Waals surface area contributed by atoms with Crippen LogP contribution in [0.25, 0.3) is 0 Å². The van der Waals surface area contributed by atoms with Crippen molar-refractivity contribution >= 4 is 5.78 Å². The molecule has 0 radical (unpaired) electrons. The number of halogens is 1. The zero-order valence-corrected chi connectivity index (χ0v) is 7.92. The molecule has 0 amide bonds. The molecule has 74 valence electrons. The van der Waals surface area contributed by atoms with Crippen LogP contribution in [-0.4, -0.2) is 12.9 Å². The third kappa shape index (κ3) is 1.39. The van der Waals surface area contributed by atoms with E-state index in [2.05, 4.69) is 0 Å². The molecule has 0 aliphatic heterocycles. The van der Waals surface area contributed by atoms with E-state index in [-0.39, 0.29) is 17.5 Å². The van der Waals surface area contributed by atoms with Crippen LogP contribution in [0.2, 0.25) is 0 Å². The Hall–Kier alpha value is -1.38. The molecule has 1 unspecified atom stereocenters. The molecule has 1 aromatic carbocycles. The van der Waals surface area contributed by atoms with Gasteiger partial charge in [-0.1, -0.05) is 6.07 Å². The lowest BCUT2D eigenvalue weighted by Crippen LogP contribution is -2.23. The van der Waals surface area contributed by atoms with Gasteiger partial charge in [-0.25, -0.2) is 4.39 Å². The van der Waals surface area contributed by atoms with Gasteiger partial charge in [-0.3, -0.25) is 4.79 Å². The molecule has 1 aliphatic rings. The van der Waals surface area contributed by atoms with E-state index < -0.39 is 0 Å². The van der Waals surface area contributed by atoms with Crippen molar-refractivity contribution in [1.29, 1.82) is 0 Å². The number of hydrogen-bond donors (Lipinski definition) is 0. The molecule has 2 rings (SSSR count). The van der Waals surface area contributed by atoms with Crippen LogP contribution in [0.5, 0.6) is 5.75 Å². The number of hydrogen-bond acceptors (Lipinski definition) is 2. The summed E-state index contributed by atoms with van der Waals surface area (Å²) < 4.78 is 17.9. The first-order chi connectivity index (χ1) is 6.72. The number of Topliss-reactive ketones (excluding diaryl/α,β-unsaturated/α-hetero) is 1. The van der Waals surface area contributed by atoms with Crippen molar-refractivity contribution in [1.82, 2.24) is 0 Å². The van der Waals surface area contributed by atoms with Crippen LogP contribution >= 0.6 is 0 Å². The van der Waals surface area contributed by atoms with Gasteiger partial charge in [0.25, 0.3) is 0 Å². The third-order valence-electron chi connectivity index (χ3n) is 2.64. The van der Waals surface area contributed by atoms with E-state index >= 15 is 0 Å². The Morgan fingerprint density at radius 2 is 2.29 bits per heavy atom. The Kier molecular flexibility index (Phi) is 2.23. The molecule has 3 heteroatoms. The zero-order chi connectivity index (χ0) is 10.1. The number of ketones is 1. The van der Waals surface area contributed by atoms with E-state index in [1.54, 1.807) is 6.07 Å². The van der Waals surface area contributed by atoms with E-state index in [9.17, 15) is 9.18 Å². The quantitative estimate of drug-likeness (QED) is 0.722. The Balaban J connectivity index is 2.36. The Bertz CT molecular complexity index is 374. The molecule has 0 spiro atoms. The molecule has 0 saturated heterocycles. The number of benzene rings is 1. The normalized spacial score (nSPS) is 20.4. The molecule has 0 bridgehead atoms. The molecule has 1 fully saturated rings. The monoisotopic (exact) mass is 194 g/mol. The number of rotatable bonds is 2. The summed E-state index contributed by atoms with van der Waals surface area (Å²) in [6.07, 6.45) is 1.48. The fraction of sp³-hybridized carbons (Fsp3) is 0.364. The Morgan fingerprint density at radius 3 is 2.79 bits per heavy atom. The average Bonchev–Trinajstić information content (AvgIpc) is 2.18. The molecule has 14 heavy (non-hydrogen) atoms. The fourth-order valence-corrected chi connectivity index (χ4v) is 1.71. The van der Waals surface area contributed by atoms with Gasteiger partial charge in [0.05, 0.1) is 7.11 Å². The Labute approximate surface area is 81.7 Å². The highest BCUT2D eigenvalue weighted by atomic mass is 19.1. The average molecular weight is 194 g/mol. The summed E-state index contributed by atoms with van der Waals surface area (Å²) in [6, 6.07) is 4.32. The molecular formula is C11H11FO2. The molecule has 0 heterocycles. The van der Waals surface area contributed by atoms with E-state index in [1.165, 1.54) is 19.2 Å². The van der Waals surface area contributed by atoms with Crippen LogP contribution in [0.1, 0.15) is 24.3 Å². The predicted octanol–water partition coefficient (Wildman–Crippen LogP) is 2.28. The first kappa shape index (κ1) is 9.19. The van der Waals surface area contributed by atoms with Crippen LogP contribution in [0.15, 0.2) is 18.2 Å². The summed E-state index contributed by atoms with van der Waals surface area (Å²) in [7, 11) is 1.49. The van der Waals surface area contributed by atoms with E-state index in [4.69, 9.17) is 4.74 Å². The second-order valence-electron chi connectivity index (χ2n) is 3.44. The van der Waals surface area contributed by atoms with Crippen LogP contribution in [0, 0.1) is 5.82 Å². The lowest BCUT2D eigenvalue weighted by atomic mass is 9.78. The van der Waals surface area contributed by atoms with Gasteiger partial charge >= 0.3 is 0 Å². The van der Waals surface area contributed by atoms with Gasteiger partial charge in [0, 0.05) is 24.0 Å². The van der Waals surface area contributed by atoms with Gasteiger partial charge in [-0.2, -0.15) is 0 Å². The number of carbonyl (C=O) groups is 1. The highest BCUT2D eigenvalue weighted by Gasteiger charge is 2.31. The van der Waals surface area contributed by atoms with Crippen LogP contribution in [-0.2, 0) is 4.79 Å². The molecular weight excluding hydrogens is 183 g/mol. The van der Waals surface area contributed by atoms with Gasteiger partial charge in [-0.15, -0.1) is 0 Å². The highest BCUT2D eigenvalue weighted by molar-refractivity contribution is 5.91. The Morgan fingerprint density at radius 1 is 1.50 bits per heavy atom. The van der Waals surface area contributed by atoms with Crippen LogP contribution in [0.3, 0.4) is 0 Å². The first-order valence-corrected chi connectivity index (χ1v) is 4.58. The van der Waals surface area contributed by atoms with Crippen molar-refractivity contribution in [3.63, 3.8) is 0 Å². The summed E-state index contributed by atoms with van der Waals surface area (Å²) in [5.41, 5.74) is 0.810. The van der Waals surface area contributed by atoms with Gasteiger partial charge in [0.2, 0.25) is 0 Å². The molecule has 1 aliphatic carbocycles. The van der Waals surface area contributed by atoms with E-state index in [1.807, 2.05) is 0 Å². The molecule has 1 saturated carbocycles. The van der Waals surface area contributed by atoms with Crippen molar-refractivity contribution < 1.29 is 13.9 Å². The maximum absolute atomic E-state index is 12.9. The largest absolute Gasteiger partial charge is 0.496 e. The SMILES string of the molecule is COc1cc(F)ccc1C1CCC1=O. The standard InChI is InChI=1S/C11H11FO2/c1-14-11-6-7(12)2-3-9(11)8-4-5-10(8)13/h2-3,6,8H,4-5H2,1H3. The third-order valence-corrected chi connectivity index (χ3v) is 2.64. The van der Waals surface area contributed by atoms with Crippen LogP contribution < -0.4 is 4.74 Å². The van der Waals surface area contributed by atoms with Crippen molar-refractivity contribution in [2.24, 2.45) is 0 Å². The van der Waals surface area contributed by atoms with Crippen molar-refractivity contribution in [2.45, 2.75) is 18.8 Å². The smallest absolute Gasteiger partial charge is 0.140 e. The second kappa shape index (κ2) is 3.40.